The Morgan fingerprint density at radius 2 is 1.63 bits per heavy atom. The van der Waals surface area contributed by atoms with E-state index < -0.39 is 0 Å². The summed E-state index contributed by atoms with van der Waals surface area (Å²) in [6, 6.07) is 20.7. The summed E-state index contributed by atoms with van der Waals surface area (Å²) in [7, 11) is 0. The summed E-state index contributed by atoms with van der Waals surface area (Å²) >= 11 is 0. The van der Waals surface area contributed by atoms with Gasteiger partial charge < -0.3 is 10.1 Å². The molecule has 0 spiro atoms. The minimum absolute atomic E-state index is 0.0359. The molecule has 1 aliphatic rings. The van der Waals surface area contributed by atoms with Crippen LogP contribution in [-0.2, 0) is 14.9 Å². The minimum Gasteiger partial charge on any atom is -0.381 e. The number of carbonyl (C=O) groups excluding carboxylic acids is 1. The molecule has 144 valence electrons. The Kier molecular flexibility index (Phi) is 6.68. The molecule has 2 unspecified atom stereocenters. The van der Waals surface area contributed by atoms with E-state index in [0.717, 1.165) is 38.0 Å². The zero-order valence-electron chi connectivity index (χ0n) is 16.5. The van der Waals surface area contributed by atoms with Crippen molar-refractivity contribution < 1.29 is 9.53 Å². The van der Waals surface area contributed by atoms with Crippen LogP contribution < -0.4 is 5.32 Å². The number of rotatable bonds is 7. The van der Waals surface area contributed by atoms with Crippen LogP contribution in [0.1, 0.15) is 50.2 Å². The molecule has 27 heavy (non-hydrogen) atoms. The molecule has 1 heterocycles. The molecule has 0 aliphatic carbocycles. The number of hydrogen-bond donors (Lipinski definition) is 1. The summed E-state index contributed by atoms with van der Waals surface area (Å²) in [6.07, 6.45) is 2.86. The summed E-state index contributed by atoms with van der Waals surface area (Å²) in [6.45, 7) is 6.48. The number of ether oxygens (including phenoxy) is 1. The third-order valence-corrected chi connectivity index (χ3v) is 6.09. The lowest BCUT2D eigenvalue weighted by Crippen LogP contribution is -2.46. The molecule has 3 nitrogen and oxygen atoms in total. The molecule has 1 amide bonds. The minimum atomic E-state index is -0.108. The molecule has 3 rings (SSSR count). The van der Waals surface area contributed by atoms with Gasteiger partial charge in [-0.2, -0.15) is 0 Å². The third kappa shape index (κ3) is 4.59. The first-order valence-electron chi connectivity index (χ1n) is 10.1. The van der Waals surface area contributed by atoms with Gasteiger partial charge in [-0.3, -0.25) is 4.79 Å². The lowest BCUT2D eigenvalue weighted by Gasteiger charge is -2.38. The molecule has 2 aromatic rings. The van der Waals surface area contributed by atoms with Crippen molar-refractivity contribution in [2.75, 3.05) is 19.8 Å². The molecule has 2 atom stereocenters. The van der Waals surface area contributed by atoms with Crippen molar-refractivity contribution in [1.29, 1.82) is 0 Å². The maximum Gasteiger partial charge on any atom is 0.227 e. The van der Waals surface area contributed by atoms with E-state index in [1.807, 2.05) is 24.3 Å². The molecule has 1 N–H and O–H groups in total. The molecule has 0 aromatic heterocycles. The van der Waals surface area contributed by atoms with Crippen molar-refractivity contribution in [3.8, 4) is 0 Å². The molecule has 1 saturated heterocycles. The highest BCUT2D eigenvalue weighted by atomic mass is 16.5. The summed E-state index contributed by atoms with van der Waals surface area (Å²) in [5.41, 5.74) is 2.37. The smallest absolute Gasteiger partial charge is 0.227 e. The fraction of sp³-hybridized carbons (Fsp3) is 0.458. The molecule has 3 heteroatoms. The lowest BCUT2D eigenvalue weighted by molar-refractivity contribution is -0.124. The molecule has 0 saturated carbocycles. The molecule has 0 radical (unpaired) electrons. The highest BCUT2D eigenvalue weighted by Crippen LogP contribution is 2.35. The van der Waals surface area contributed by atoms with Crippen LogP contribution in [0.3, 0.4) is 0 Å². The van der Waals surface area contributed by atoms with E-state index in [1.165, 1.54) is 5.56 Å². The predicted molar refractivity (Wildman–Crippen MR) is 110 cm³/mol. The van der Waals surface area contributed by atoms with Crippen LogP contribution in [0.25, 0.3) is 0 Å². The maximum atomic E-state index is 13.2. The number of benzene rings is 2. The van der Waals surface area contributed by atoms with Gasteiger partial charge in [0.2, 0.25) is 5.91 Å². The largest absolute Gasteiger partial charge is 0.381 e. The Hall–Kier alpha value is -2.13. The van der Waals surface area contributed by atoms with E-state index in [4.69, 9.17) is 4.74 Å². The first-order valence-corrected chi connectivity index (χ1v) is 10.1. The van der Waals surface area contributed by atoms with Crippen LogP contribution in [0.15, 0.2) is 60.7 Å². The first-order chi connectivity index (χ1) is 13.2. The van der Waals surface area contributed by atoms with Gasteiger partial charge in [0.1, 0.15) is 0 Å². The Morgan fingerprint density at radius 3 is 2.22 bits per heavy atom. The number of hydrogen-bond acceptors (Lipinski definition) is 2. The Labute approximate surface area is 163 Å². The van der Waals surface area contributed by atoms with Crippen LogP contribution >= 0.6 is 0 Å². The monoisotopic (exact) mass is 365 g/mol. The van der Waals surface area contributed by atoms with Crippen LogP contribution in [-0.4, -0.2) is 25.7 Å². The van der Waals surface area contributed by atoms with E-state index in [2.05, 4.69) is 55.6 Å². The predicted octanol–water partition coefficient (Wildman–Crippen LogP) is 4.68. The van der Waals surface area contributed by atoms with Crippen LogP contribution in [0.4, 0.5) is 0 Å². The van der Waals surface area contributed by atoms with Crippen LogP contribution in [0.5, 0.6) is 0 Å². The molecule has 1 fully saturated rings. The highest BCUT2D eigenvalue weighted by molar-refractivity contribution is 5.84. The van der Waals surface area contributed by atoms with Crippen molar-refractivity contribution in [3.05, 3.63) is 71.8 Å². The molecule has 1 aliphatic heterocycles. The highest BCUT2D eigenvalue weighted by Gasteiger charge is 2.36. The van der Waals surface area contributed by atoms with E-state index in [0.29, 0.717) is 12.5 Å². The van der Waals surface area contributed by atoms with Gasteiger partial charge in [-0.05, 0) is 29.9 Å². The fourth-order valence-electron chi connectivity index (χ4n) is 4.12. The van der Waals surface area contributed by atoms with Crippen molar-refractivity contribution in [1.82, 2.24) is 5.32 Å². The zero-order valence-corrected chi connectivity index (χ0v) is 16.5. The number of nitrogens with one attached hydrogen (secondary N) is 1. The third-order valence-electron chi connectivity index (χ3n) is 6.09. The zero-order chi connectivity index (χ0) is 19.1. The van der Waals surface area contributed by atoms with E-state index >= 15 is 0 Å². The van der Waals surface area contributed by atoms with E-state index in [1.54, 1.807) is 0 Å². The van der Waals surface area contributed by atoms with E-state index in [-0.39, 0.29) is 17.2 Å². The topological polar surface area (TPSA) is 38.3 Å². The van der Waals surface area contributed by atoms with Gasteiger partial charge in [0.05, 0.1) is 5.92 Å². The average Bonchev–Trinajstić information content (AvgIpc) is 2.74. The lowest BCUT2D eigenvalue weighted by atomic mass is 9.74. The van der Waals surface area contributed by atoms with Gasteiger partial charge in [-0.1, -0.05) is 80.9 Å². The van der Waals surface area contributed by atoms with Gasteiger partial charge >= 0.3 is 0 Å². The second-order valence-electron chi connectivity index (χ2n) is 7.75. The number of amides is 1. The van der Waals surface area contributed by atoms with Crippen molar-refractivity contribution in [2.24, 2.45) is 5.92 Å². The van der Waals surface area contributed by atoms with Gasteiger partial charge in [0.15, 0.2) is 0 Å². The molecule has 0 bridgehead atoms. The Bertz CT molecular complexity index is 708. The van der Waals surface area contributed by atoms with Gasteiger partial charge in [0.25, 0.3) is 0 Å². The number of carbonyl (C=O) groups is 1. The average molecular weight is 366 g/mol. The second kappa shape index (κ2) is 9.18. The summed E-state index contributed by atoms with van der Waals surface area (Å²) in [5.74, 6) is 0.330. The first kappa shape index (κ1) is 19.6. The van der Waals surface area contributed by atoms with Crippen molar-refractivity contribution in [2.45, 2.75) is 44.4 Å². The second-order valence-corrected chi connectivity index (χ2v) is 7.75. The van der Waals surface area contributed by atoms with Crippen molar-refractivity contribution in [3.63, 3.8) is 0 Å². The maximum absolute atomic E-state index is 13.2. The Morgan fingerprint density at radius 1 is 1.04 bits per heavy atom. The normalized spacial score (nSPS) is 18.4. The van der Waals surface area contributed by atoms with Crippen molar-refractivity contribution >= 4 is 5.91 Å². The molecular weight excluding hydrogens is 334 g/mol. The summed E-state index contributed by atoms with van der Waals surface area (Å²) in [4.78, 5) is 13.2. The summed E-state index contributed by atoms with van der Waals surface area (Å²) < 4.78 is 5.61. The van der Waals surface area contributed by atoms with Gasteiger partial charge in [-0.25, -0.2) is 0 Å². The standard InChI is InChI=1S/C24H31NO2/c1-3-19(2)22(20-10-6-4-7-11-20)23(26)25-18-24(14-16-27-17-15-24)21-12-8-5-9-13-21/h4-13,19,22H,3,14-18H2,1-2H3,(H,25,26). The molecular formula is C24H31NO2. The van der Waals surface area contributed by atoms with Gasteiger partial charge in [0, 0.05) is 25.2 Å². The van der Waals surface area contributed by atoms with Crippen LogP contribution in [0, 0.1) is 5.92 Å². The van der Waals surface area contributed by atoms with Gasteiger partial charge in [-0.15, -0.1) is 0 Å². The van der Waals surface area contributed by atoms with Crippen LogP contribution in [0.2, 0.25) is 0 Å². The fourth-order valence-corrected chi connectivity index (χ4v) is 4.12. The SMILES string of the molecule is CCC(C)C(C(=O)NCC1(c2ccccc2)CCOCC1)c1ccccc1. The van der Waals surface area contributed by atoms with E-state index in [9.17, 15) is 4.79 Å². The Balaban J connectivity index is 1.78. The molecule has 2 aromatic carbocycles. The quantitative estimate of drug-likeness (QED) is 0.773. The summed E-state index contributed by atoms with van der Waals surface area (Å²) in [5, 5.41) is 3.31.